The second-order valence-electron chi connectivity index (χ2n) is 7.22. The van der Waals surface area contributed by atoms with Gasteiger partial charge in [0, 0.05) is 10.9 Å². The molecule has 4 rings (SSSR count). The zero-order valence-corrected chi connectivity index (χ0v) is 17.9. The van der Waals surface area contributed by atoms with Gasteiger partial charge in [-0.3, -0.25) is 4.79 Å². The van der Waals surface area contributed by atoms with Crippen molar-refractivity contribution in [3.63, 3.8) is 0 Å². The zero-order chi connectivity index (χ0) is 20.8. The Hall–Kier alpha value is -1.90. The van der Waals surface area contributed by atoms with E-state index in [0.29, 0.717) is 10.9 Å². The van der Waals surface area contributed by atoms with Crippen LogP contribution >= 0.6 is 23.4 Å². The zero-order valence-electron chi connectivity index (χ0n) is 15.5. The SMILES string of the molecule is Cc1cccc(CC(=O)N=C2S[C@@H]3CS(=O)(=O)C[C@@H]3N2c2ccc(Cl)c(F)c2)c1. The number of carbonyl (C=O) groups excluding carboxylic acids is 1. The number of thioether (sulfide) groups is 1. The Kier molecular flexibility index (Phi) is 5.44. The fourth-order valence-electron chi connectivity index (χ4n) is 3.64. The monoisotopic (exact) mass is 452 g/mol. The molecule has 1 amide bonds. The summed E-state index contributed by atoms with van der Waals surface area (Å²) in [6, 6.07) is 11.5. The molecule has 5 nitrogen and oxygen atoms in total. The van der Waals surface area contributed by atoms with Crippen molar-refractivity contribution in [3.8, 4) is 0 Å². The van der Waals surface area contributed by atoms with E-state index in [2.05, 4.69) is 4.99 Å². The van der Waals surface area contributed by atoms with Crippen molar-refractivity contribution in [3.05, 3.63) is 64.4 Å². The lowest BCUT2D eigenvalue weighted by atomic mass is 10.1. The molecule has 0 saturated carbocycles. The largest absolute Gasteiger partial charge is 0.315 e. The molecule has 2 aliphatic heterocycles. The highest BCUT2D eigenvalue weighted by atomic mass is 35.5. The summed E-state index contributed by atoms with van der Waals surface area (Å²) >= 11 is 7.05. The van der Waals surface area contributed by atoms with E-state index in [1.165, 1.54) is 23.9 Å². The number of sulfone groups is 1. The van der Waals surface area contributed by atoms with Crippen LogP contribution in [-0.2, 0) is 21.1 Å². The van der Waals surface area contributed by atoms with Gasteiger partial charge in [-0.05, 0) is 30.7 Å². The normalized spacial score (nSPS) is 24.1. The number of rotatable bonds is 3. The molecule has 2 heterocycles. The van der Waals surface area contributed by atoms with Gasteiger partial charge < -0.3 is 4.90 Å². The first-order valence-corrected chi connectivity index (χ1v) is 12.1. The number of hydrogen-bond donors (Lipinski definition) is 0. The van der Waals surface area contributed by atoms with Gasteiger partial charge in [0.1, 0.15) is 5.82 Å². The lowest BCUT2D eigenvalue weighted by Gasteiger charge is -2.24. The van der Waals surface area contributed by atoms with Crippen LogP contribution in [0.1, 0.15) is 11.1 Å². The van der Waals surface area contributed by atoms with E-state index in [1.54, 1.807) is 11.0 Å². The fourth-order valence-corrected chi connectivity index (χ4v) is 7.69. The number of aryl methyl sites for hydroxylation is 1. The minimum Gasteiger partial charge on any atom is -0.315 e. The van der Waals surface area contributed by atoms with Crippen LogP contribution in [0.15, 0.2) is 47.5 Å². The van der Waals surface area contributed by atoms with E-state index < -0.39 is 21.7 Å². The molecule has 0 N–H and O–H groups in total. The maximum absolute atomic E-state index is 14.1. The molecule has 9 heteroatoms. The smallest absolute Gasteiger partial charge is 0.252 e. The molecule has 2 fully saturated rings. The lowest BCUT2D eigenvalue weighted by molar-refractivity contribution is -0.117. The van der Waals surface area contributed by atoms with Crippen molar-refractivity contribution in [2.75, 3.05) is 16.4 Å². The number of fused-ring (bicyclic) bond motifs is 1. The van der Waals surface area contributed by atoms with Crippen LogP contribution in [0, 0.1) is 12.7 Å². The summed E-state index contributed by atoms with van der Waals surface area (Å²) in [6.07, 6.45) is 0.141. The Morgan fingerprint density at radius 1 is 1.28 bits per heavy atom. The highest BCUT2D eigenvalue weighted by Crippen LogP contribution is 2.41. The van der Waals surface area contributed by atoms with Crippen LogP contribution in [0.2, 0.25) is 5.02 Å². The third kappa shape index (κ3) is 4.34. The summed E-state index contributed by atoms with van der Waals surface area (Å²) in [5, 5.41) is 0.128. The molecule has 0 radical (unpaired) electrons. The van der Waals surface area contributed by atoms with Crippen molar-refractivity contribution in [1.29, 1.82) is 0 Å². The summed E-state index contributed by atoms with van der Waals surface area (Å²) in [7, 11) is -3.19. The number of benzene rings is 2. The average Bonchev–Trinajstić information content (AvgIpc) is 3.08. The molecule has 2 atom stereocenters. The van der Waals surface area contributed by atoms with E-state index >= 15 is 0 Å². The number of halogens is 2. The van der Waals surface area contributed by atoms with E-state index in [1.807, 2.05) is 31.2 Å². The van der Waals surface area contributed by atoms with Gasteiger partial charge in [0.25, 0.3) is 5.91 Å². The van der Waals surface area contributed by atoms with E-state index in [9.17, 15) is 17.6 Å². The lowest BCUT2D eigenvalue weighted by Crippen LogP contribution is -2.37. The number of nitrogens with zero attached hydrogens (tertiary/aromatic N) is 2. The Balaban J connectivity index is 1.66. The second-order valence-corrected chi connectivity index (χ2v) is 11.0. The number of amides is 1. The minimum atomic E-state index is -3.19. The van der Waals surface area contributed by atoms with Gasteiger partial charge in [0.2, 0.25) is 0 Å². The molecular formula is C20H18ClFN2O3S2. The van der Waals surface area contributed by atoms with Gasteiger partial charge in [-0.2, -0.15) is 4.99 Å². The molecule has 0 bridgehead atoms. The van der Waals surface area contributed by atoms with Gasteiger partial charge >= 0.3 is 0 Å². The molecule has 2 saturated heterocycles. The third-order valence-electron chi connectivity index (χ3n) is 4.91. The maximum Gasteiger partial charge on any atom is 0.252 e. The Morgan fingerprint density at radius 2 is 2.07 bits per heavy atom. The second kappa shape index (κ2) is 7.74. The van der Waals surface area contributed by atoms with Crippen molar-refractivity contribution in [2.45, 2.75) is 24.6 Å². The predicted octanol–water partition coefficient (Wildman–Crippen LogP) is 3.63. The standard InChI is InChI=1S/C20H18ClFN2O3S2/c1-12-3-2-4-13(7-12)8-19(25)23-20-24(14-5-6-15(21)16(22)9-14)17-10-29(26,27)11-18(17)28-20/h2-7,9,17-18H,8,10-11H2,1H3/t17-,18+/m0/s1. The molecule has 29 heavy (non-hydrogen) atoms. The Morgan fingerprint density at radius 3 is 2.79 bits per heavy atom. The number of amidine groups is 1. The van der Waals surface area contributed by atoms with Crippen LogP contribution in [0.3, 0.4) is 0 Å². The van der Waals surface area contributed by atoms with Crippen LogP contribution in [0.25, 0.3) is 0 Å². The summed E-state index contributed by atoms with van der Waals surface area (Å²) < 4.78 is 38.3. The molecule has 0 unspecified atom stereocenters. The Labute approximate surface area is 177 Å². The molecule has 0 aromatic heterocycles. The molecule has 2 aliphatic rings. The molecule has 2 aromatic rings. The first kappa shape index (κ1) is 20.4. The predicted molar refractivity (Wildman–Crippen MR) is 115 cm³/mol. The van der Waals surface area contributed by atoms with Gasteiger partial charge in [-0.25, -0.2) is 12.8 Å². The summed E-state index contributed by atoms with van der Waals surface area (Å²) in [5.74, 6) is -0.982. The highest BCUT2D eigenvalue weighted by Gasteiger charge is 2.49. The van der Waals surface area contributed by atoms with E-state index in [4.69, 9.17) is 11.6 Å². The summed E-state index contributed by atoms with van der Waals surface area (Å²) in [4.78, 5) is 18.5. The van der Waals surface area contributed by atoms with Crippen molar-refractivity contribution < 1.29 is 17.6 Å². The van der Waals surface area contributed by atoms with Gasteiger partial charge in [0.05, 0.1) is 29.0 Å². The van der Waals surface area contributed by atoms with Gasteiger partial charge in [0.15, 0.2) is 15.0 Å². The van der Waals surface area contributed by atoms with Crippen molar-refractivity contribution in [1.82, 2.24) is 0 Å². The highest BCUT2D eigenvalue weighted by molar-refractivity contribution is 8.16. The Bertz CT molecular complexity index is 1120. The molecule has 152 valence electrons. The van der Waals surface area contributed by atoms with Crippen LogP contribution < -0.4 is 4.90 Å². The van der Waals surface area contributed by atoms with E-state index in [-0.39, 0.29) is 34.1 Å². The number of aliphatic imine (C=N–C) groups is 1. The van der Waals surface area contributed by atoms with E-state index in [0.717, 1.165) is 11.1 Å². The minimum absolute atomic E-state index is 0.0139. The van der Waals surface area contributed by atoms with Crippen molar-refractivity contribution in [2.24, 2.45) is 4.99 Å². The fraction of sp³-hybridized carbons (Fsp3) is 0.300. The molecule has 0 aliphatic carbocycles. The first-order chi connectivity index (χ1) is 13.7. The molecular weight excluding hydrogens is 435 g/mol. The van der Waals surface area contributed by atoms with Gasteiger partial charge in [-0.15, -0.1) is 0 Å². The van der Waals surface area contributed by atoms with Crippen LogP contribution in [-0.4, -0.2) is 42.3 Å². The first-order valence-electron chi connectivity index (χ1n) is 9.00. The number of carbonyl (C=O) groups is 1. The summed E-state index contributed by atoms with van der Waals surface area (Å²) in [6.45, 7) is 1.95. The van der Waals surface area contributed by atoms with Crippen LogP contribution in [0.5, 0.6) is 0 Å². The summed E-state index contributed by atoms with van der Waals surface area (Å²) in [5.41, 5.74) is 2.34. The topological polar surface area (TPSA) is 66.8 Å². The molecule has 0 spiro atoms. The molecule has 2 aromatic carbocycles. The average molecular weight is 453 g/mol. The maximum atomic E-state index is 14.1. The third-order valence-corrected chi connectivity index (χ3v) is 8.42. The van der Waals surface area contributed by atoms with Crippen molar-refractivity contribution >= 4 is 50.0 Å². The quantitative estimate of drug-likeness (QED) is 0.711. The van der Waals surface area contributed by atoms with Gasteiger partial charge in [-0.1, -0.05) is 53.2 Å². The number of anilines is 1. The van der Waals surface area contributed by atoms with Crippen LogP contribution in [0.4, 0.5) is 10.1 Å². The number of hydrogen-bond acceptors (Lipinski definition) is 4.